The summed E-state index contributed by atoms with van der Waals surface area (Å²) < 4.78 is 5.08. The number of hydrogen-bond donors (Lipinski definition) is 0. The summed E-state index contributed by atoms with van der Waals surface area (Å²) in [7, 11) is 3.79. The fraction of sp³-hybridized carbons (Fsp3) is 0.692. The molecule has 1 unspecified atom stereocenters. The summed E-state index contributed by atoms with van der Waals surface area (Å²) in [5.41, 5.74) is 0. The van der Waals surface area contributed by atoms with E-state index in [2.05, 4.69) is 33.7 Å². The number of anilines is 1. The topological polar surface area (TPSA) is 41.5 Å². The molecule has 1 aromatic heterocycles. The Labute approximate surface area is 119 Å². The molecule has 106 valence electrons. The van der Waals surface area contributed by atoms with Gasteiger partial charge in [0.1, 0.15) is 17.6 Å². The van der Waals surface area contributed by atoms with Crippen molar-refractivity contribution in [2.24, 2.45) is 0 Å². The van der Waals surface area contributed by atoms with Crippen molar-refractivity contribution in [3.05, 3.63) is 17.0 Å². The van der Waals surface area contributed by atoms with Gasteiger partial charge in [-0.2, -0.15) is 0 Å². The maximum atomic E-state index is 6.08. The van der Waals surface area contributed by atoms with Crippen LogP contribution in [0.25, 0.3) is 0 Å². The largest absolute Gasteiger partial charge is 0.377 e. The second-order valence-electron chi connectivity index (χ2n) is 5.06. The Bertz CT molecular complexity index is 429. The van der Waals surface area contributed by atoms with E-state index in [1.807, 2.05) is 6.07 Å². The molecule has 19 heavy (non-hydrogen) atoms. The lowest BCUT2D eigenvalue weighted by atomic mass is 10.2. The van der Waals surface area contributed by atoms with Gasteiger partial charge in [0.15, 0.2) is 5.82 Å². The first-order valence-corrected chi connectivity index (χ1v) is 6.95. The first-order valence-electron chi connectivity index (χ1n) is 6.57. The molecule has 0 bridgehead atoms. The molecule has 1 aromatic rings. The van der Waals surface area contributed by atoms with Gasteiger partial charge < -0.3 is 14.5 Å². The van der Waals surface area contributed by atoms with Gasteiger partial charge in [-0.3, -0.25) is 0 Å². The maximum absolute atomic E-state index is 6.08. The van der Waals surface area contributed by atoms with Crippen LogP contribution >= 0.6 is 11.6 Å². The monoisotopic (exact) mass is 284 g/mol. The van der Waals surface area contributed by atoms with Gasteiger partial charge in [-0.1, -0.05) is 11.6 Å². The minimum absolute atomic E-state index is 0.385. The van der Waals surface area contributed by atoms with Crippen LogP contribution in [0, 0.1) is 0 Å². The third-order valence-corrected chi connectivity index (χ3v) is 3.54. The number of ether oxygens (including phenoxy) is 1. The fourth-order valence-corrected chi connectivity index (χ4v) is 2.70. The molecule has 6 heteroatoms. The summed E-state index contributed by atoms with van der Waals surface area (Å²) in [6, 6.07) is 2.25. The summed E-state index contributed by atoms with van der Waals surface area (Å²) in [4.78, 5) is 13.4. The molecular weight excluding hydrogens is 264 g/mol. The second kappa shape index (κ2) is 6.50. The summed E-state index contributed by atoms with van der Waals surface area (Å²) in [5.74, 6) is 1.53. The van der Waals surface area contributed by atoms with Gasteiger partial charge in [0, 0.05) is 32.3 Å². The minimum atomic E-state index is 0.385. The number of hydrogen-bond acceptors (Lipinski definition) is 5. The van der Waals surface area contributed by atoms with Gasteiger partial charge in [-0.05, 0) is 26.9 Å². The van der Waals surface area contributed by atoms with E-state index in [0.717, 1.165) is 31.9 Å². The van der Waals surface area contributed by atoms with Crippen molar-refractivity contribution in [2.45, 2.75) is 26.0 Å². The molecule has 0 saturated carbocycles. The molecule has 2 heterocycles. The summed E-state index contributed by atoms with van der Waals surface area (Å²) in [5, 5.41) is 0.474. The third-order valence-electron chi connectivity index (χ3n) is 3.34. The van der Waals surface area contributed by atoms with Crippen molar-refractivity contribution >= 4 is 17.4 Å². The van der Waals surface area contributed by atoms with E-state index in [9.17, 15) is 0 Å². The van der Waals surface area contributed by atoms with E-state index in [1.165, 1.54) is 0 Å². The Hall–Kier alpha value is -0.910. The molecular formula is C13H21ClN4O. The molecule has 1 aliphatic rings. The Kier molecular flexibility index (Phi) is 4.96. The van der Waals surface area contributed by atoms with Gasteiger partial charge >= 0.3 is 0 Å². The van der Waals surface area contributed by atoms with Crippen molar-refractivity contribution in [1.29, 1.82) is 0 Å². The van der Waals surface area contributed by atoms with Crippen LogP contribution in [0.2, 0.25) is 5.15 Å². The molecule has 2 rings (SSSR count). The molecule has 0 radical (unpaired) electrons. The highest BCUT2D eigenvalue weighted by Gasteiger charge is 2.21. The average Bonchev–Trinajstić information content (AvgIpc) is 2.49. The smallest absolute Gasteiger partial charge is 0.158 e. The minimum Gasteiger partial charge on any atom is -0.377 e. The predicted molar refractivity (Wildman–Crippen MR) is 76.7 cm³/mol. The molecule has 0 spiro atoms. The van der Waals surface area contributed by atoms with Crippen molar-refractivity contribution in [3.8, 4) is 0 Å². The Morgan fingerprint density at radius 1 is 1.42 bits per heavy atom. The number of likely N-dealkylation sites (N-methyl/N-ethyl adjacent to an activating group) is 1. The van der Waals surface area contributed by atoms with E-state index in [4.69, 9.17) is 16.3 Å². The van der Waals surface area contributed by atoms with Crippen LogP contribution in [0.3, 0.4) is 0 Å². The highest BCUT2D eigenvalue weighted by atomic mass is 35.5. The van der Waals surface area contributed by atoms with Crippen LogP contribution < -0.4 is 4.90 Å². The highest BCUT2D eigenvalue weighted by molar-refractivity contribution is 6.29. The lowest BCUT2D eigenvalue weighted by Crippen LogP contribution is -2.38. The molecule has 1 saturated heterocycles. The molecule has 0 aliphatic carbocycles. The quantitative estimate of drug-likeness (QED) is 0.792. The summed E-state index contributed by atoms with van der Waals surface area (Å²) in [6.45, 7) is 5.74. The molecule has 1 fully saturated rings. The van der Waals surface area contributed by atoms with Crippen LogP contribution in [0.4, 0.5) is 5.82 Å². The van der Waals surface area contributed by atoms with Gasteiger partial charge in [0.25, 0.3) is 0 Å². The van der Waals surface area contributed by atoms with Crippen LogP contribution in [-0.4, -0.2) is 54.7 Å². The van der Waals surface area contributed by atoms with E-state index < -0.39 is 0 Å². The SMILES string of the molecule is COCc1nc(Cl)cc(N2CCCN(C)CC2C)n1. The van der Waals surface area contributed by atoms with Crippen LogP contribution in [-0.2, 0) is 11.3 Å². The molecule has 5 nitrogen and oxygen atoms in total. The molecule has 0 N–H and O–H groups in total. The molecule has 1 atom stereocenters. The Balaban J connectivity index is 2.24. The highest BCUT2D eigenvalue weighted by Crippen LogP contribution is 2.21. The zero-order valence-corrected chi connectivity index (χ0v) is 12.5. The zero-order chi connectivity index (χ0) is 13.8. The standard InChI is InChI=1S/C13H21ClN4O/c1-10-8-17(2)5-4-6-18(10)13-7-11(14)15-12(16-13)9-19-3/h7,10H,4-6,8-9H2,1-3H3. The van der Waals surface area contributed by atoms with Crippen LogP contribution in [0.1, 0.15) is 19.2 Å². The second-order valence-corrected chi connectivity index (χ2v) is 5.44. The van der Waals surface area contributed by atoms with E-state index in [1.54, 1.807) is 7.11 Å². The number of rotatable bonds is 3. The van der Waals surface area contributed by atoms with Gasteiger partial charge in [-0.15, -0.1) is 0 Å². The number of methoxy groups -OCH3 is 1. The molecule has 0 amide bonds. The molecule has 1 aliphatic heterocycles. The van der Waals surface area contributed by atoms with Crippen molar-refractivity contribution < 1.29 is 4.74 Å². The van der Waals surface area contributed by atoms with Crippen molar-refractivity contribution in [3.63, 3.8) is 0 Å². The van der Waals surface area contributed by atoms with E-state index >= 15 is 0 Å². The van der Waals surface area contributed by atoms with Gasteiger partial charge in [0.05, 0.1) is 0 Å². The zero-order valence-electron chi connectivity index (χ0n) is 11.8. The predicted octanol–water partition coefficient (Wildman–Crippen LogP) is 1.81. The van der Waals surface area contributed by atoms with E-state index in [0.29, 0.717) is 23.6 Å². The fourth-order valence-electron chi connectivity index (χ4n) is 2.50. The Morgan fingerprint density at radius 2 is 2.21 bits per heavy atom. The van der Waals surface area contributed by atoms with Gasteiger partial charge in [-0.25, -0.2) is 9.97 Å². The Morgan fingerprint density at radius 3 is 2.95 bits per heavy atom. The summed E-state index contributed by atoms with van der Waals surface area (Å²) in [6.07, 6.45) is 1.13. The first kappa shape index (κ1) is 14.5. The van der Waals surface area contributed by atoms with Crippen molar-refractivity contribution in [1.82, 2.24) is 14.9 Å². The van der Waals surface area contributed by atoms with Crippen molar-refractivity contribution in [2.75, 3.05) is 38.7 Å². The normalized spacial score (nSPS) is 21.5. The number of nitrogens with zero attached hydrogens (tertiary/aromatic N) is 4. The number of aromatic nitrogens is 2. The average molecular weight is 285 g/mol. The number of halogens is 1. The van der Waals surface area contributed by atoms with Crippen LogP contribution in [0.15, 0.2) is 6.07 Å². The maximum Gasteiger partial charge on any atom is 0.158 e. The lowest BCUT2D eigenvalue weighted by Gasteiger charge is -2.29. The third kappa shape index (κ3) is 3.78. The van der Waals surface area contributed by atoms with Crippen LogP contribution in [0.5, 0.6) is 0 Å². The summed E-state index contributed by atoms with van der Waals surface area (Å²) >= 11 is 6.08. The first-order chi connectivity index (χ1) is 9.10. The lowest BCUT2D eigenvalue weighted by molar-refractivity contribution is 0.178. The molecule has 0 aromatic carbocycles. The van der Waals surface area contributed by atoms with Gasteiger partial charge in [0.2, 0.25) is 0 Å². The van der Waals surface area contributed by atoms with E-state index in [-0.39, 0.29) is 0 Å².